The lowest BCUT2D eigenvalue weighted by molar-refractivity contribution is -0.140. The van der Waals surface area contributed by atoms with Crippen molar-refractivity contribution in [3.05, 3.63) is 95.4 Å². The third-order valence-electron chi connectivity index (χ3n) is 6.00. The molecule has 0 saturated carbocycles. The quantitative estimate of drug-likeness (QED) is 0.272. The number of methoxy groups -OCH3 is 1. The molecule has 7 nitrogen and oxygen atoms in total. The maximum Gasteiger partial charge on any atom is 0.338 e. The van der Waals surface area contributed by atoms with E-state index < -0.39 is 23.4 Å². The van der Waals surface area contributed by atoms with Crippen LogP contribution in [0.25, 0.3) is 6.08 Å². The van der Waals surface area contributed by atoms with E-state index >= 15 is 0 Å². The Hall–Kier alpha value is -3.27. The molecule has 0 radical (unpaired) electrons. The van der Waals surface area contributed by atoms with Gasteiger partial charge in [-0.25, -0.2) is 14.2 Å². The van der Waals surface area contributed by atoms with Gasteiger partial charge < -0.3 is 14.2 Å². The van der Waals surface area contributed by atoms with E-state index in [1.807, 2.05) is 24.3 Å². The standard InChI is InChI=1S/C28H28ClFN2O5S/c1-4-5-13-36-19-11-9-18(10-12-19)25-24(27(34)37-15-14-35-3)17(2)31-28-32(25)26(33)23(38-28)16-20-21(29)7-6-8-22(20)30/h6-12,16,25H,4-5,13-15H2,1-3H3/b23-16-. The van der Waals surface area contributed by atoms with Gasteiger partial charge >= 0.3 is 5.97 Å². The Bertz CT molecular complexity index is 1510. The van der Waals surface area contributed by atoms with Crippen LogP contribution in [-0.4, -0.2) is 37.5 Å². The molecule has 0 bridgehead atoms. The van der Waals surface area contributed by atoms with Crippen LogP contribution in [0, 0.1) is 5.82 Å². The molecule has 4 rings (SSSR count). The summed E-state index contributed by atoms with van der Waals surface area (Å²) in [5, 5.41) is 0.185. The van der Waals surface area contributed by atoms with Crippen LogP contribution < -0.4 is 19.6 Å². The number of fused-ring (bicyclic) bond motifs is 1. The van der Waals surface area contributed by atoms with Gasteiger partial charge in [-0.1, -0.05) is 54.5 Å². The first kappa shape index (κ1) is 27.8. The molecule has 2 aromatic carbocycles. The van der Waals surface area contributed by atoms with E-state index in [9.17, 15) is 14.0 Å². The lowest BCUT2D eigenvalue weighted by Gasteiger charge is -2.25. The number of halogens is 2. The number of ether oxygens (including phenoxy) is 3. The average Bonchev–Trinajstić information content (AvgIpc) is 3.20. The Balaban J connectivity index is 1.84. The van der Waals surface area contributed by atoms with Crippen molar-refractivity contribution in [2.24, 2.45) is 4.99 Å². The Labute approximate surface area is 228 Å². The summed E-state index contributed by atoms with van der Waals surface area (Å²) in [5.74, 6) is -0.450. The summed E-state index contributed by atoms with van der Waals surface area (Å²) in [6, 6.07) is 10.8. The van der Waals surface area contributed by atoms with Gasteiger partial charge in [0, 0.05) is 12.7 Å². The van der Waals surface area contributed by atoms with Gasteiger partial charge in [-0.05, 0) is 49.2 Å². The van der Waals surface area contributed by atoms with E-state index in [0.717, 1.165) is 24.2 Å². The van der Waals surface area contributed by atoms with E-state index in [1.165, 1.54) is 29.9 Å². The zero-order valence-electron chi connectivity index (χ0n) is 21.3. The summed E-state index contributed by atoms with van der Waals surface area (Å²) in [6.07, 6.45) is 3.37. The molecule has 1 aliphatic rings. The fourth-order valence-electron chi connectivity index (χ4n) is 4.05. The van der Waals surface area contributed by atoms with E-state index in [-0.39, 0.29) is 33.9 Å². The Morgan fingerprint density at radius 1 is 1.18 bits per heavy atom. The van der Waals surface area contributed by atoms with Gasteiger partial charge in [-0.15, -0.1) is 0 Å². The first-order valence-corrected chi connectivity index (χ1v) is 13.4. The lowest BCUT2D eigenvalue weighted by Crippen LogP contribution is -2.40. The molecule has 0 aliphatic carbocycles. The number of aromatic nitrogens is 1. The van der Waals surface area contributed by atoms with Crippen molar-refractivity contribution < 1.29 is 23.4 Å². The molecule has 3 aromatic rings. The second-order valence-corrected chi connectivity index (χ2v) is 10.0. The fraction of sp³-hybridized carbons (Fsp3) is 0.321. The smallest absolute Gasteiger partial charge is 0.338 e. The van der Waals surface area contributed by atoms with Crippen molar-refractivity contribution in [1.82, 2.24) is 4.57 Å². The Morgan fingerprint density at radius 2 is 1.95 bits per heavy atom. The number of allylic oxidation sites excluding steroid dienone is 1. The minimum Gasteiger partial charge on any atom is -0.494 e. The highest BCUT2D eigenvalue weighted by atomic mass is 35.5. The molecule has 0 amide bonds. The van der Waals surface area contributed by atoms with Crippen LogP contribution in [0.2, 0.25) is 5.02 Å². The van der Waals surface area contributed by atoms with Crippen LogP contribution in [0.5, 0.6) is 5.75 Å². The Morgan fingerprint density at radius 3 is 2.63 bits per heavy atom. The molecule has 0 N–H and O–H groups in total. The van der Waals surface area contributed by atoms with Gasteiger partial charge in [-0.3, -0.25) is 9.36 Å². The third kappa shape index (κ3) is 5.90. The van der Waals surface area contributed by atoms with Crippen molar-refractivity contribution in [1.29, 1.82) is 0 Å². The van der Waals surface area contributed by atoms with Gasteiger partial charge in [0.05, 0.1) is 40.1 Å². The molecule has 2 heterocycles. The van der Waals surface area contributed by atoms with Gasteiger partial charge in [0.2, 0.25) is 0 Å². The van der Waals surface area contributed by atoms with Crippen LogP contribution in [0.4, 0.5) is 4.39 Å². The minimum absolute atomic E-state index is 0.0548. The maximum absolute atomic E-state index is 14.5. The third-order valence-corrected chi connectivity index (χ3v) is 7.31. The maximum atomic E-state index is 14.5. The van der Waals surface area contributed by atoms with E-state index in [2.05, 4.69) is 11.9 Å². The summed E-state index contributed by atoms with van der Waals surface area (Å²) >= 11 is 7.30. The van der Waals surface area contributed by atoms with E-state index in [0.29, 0.717) is 28.4 Å². The van der Waals surface area contributed by atoms with Gasteiger partial charge in [0.1, 0.15) is 18.2 Å². The summed E-state index contributed by atoms with van der Waals surface area (Å²) in [7, 11) is 1.51. The monoisotopic (exact) mass is 558 g/mol. The molecule has 38 heavy (non-hydrogen) atoms. The van der Waals surface area contributed by atoms with Crippen molar-refractivity contribution in [3.63, 3.8) is 0 Å². The highest BCUT2D eigenvalue weighted by Crippen LogP contribution is 2.31. The molecule has 1 atom stereocenters. The summed E-state index contributed by atoms with van der Waals surface area (Å²) in [6.45, 7) is 4.67. The molecular formula is C28H28ClFN2O5S. The number of nitrogens with zero attached hydrogens (tertiary/aromatic N) is 2. The number of benzene rings is 2. The van der Waals surface area contributed by atoms with Crippen LogP contribution in [0.1, 0.15) is 43.9 Å². The Kier molecular flexibility index (Phi) is 9.14. The molecule has 0 spiro atoms. The van der Waals surface area contributed by atoms with Gasteiger partial charge in [0.25, 0.3) is 5.56 Å². The number of rotatable bonds is 10. The largest absolute Gasteiger partial charge is 0.494 e. The van der Waals surface area contributed by atoms with Crippen LogP contribution in [-0.2, 0) is 14.3 Å². The summed E-state index contributed by atoms with van der Waals surface area (Å²) in [5.41, 5.74) is 1.04. The number of hydrogen-bond acceptors (Lipinski definition) is 7. The number of unbranched alkanes of at least 4 members (excludes halogenated alkanes) is 1. The number of carbonyl (C=O) groups is 1. The number of thiazole rings is 1. The SMILES string of the molecule is CCCCOc1ccc(C2C(C(=O)OCCOC)=C(C)N=c3s/c(=C\c4c(F)cccc4Cl)c(=O)n32)cc1. The van der Waals surface area contributed by atoms with E-state index in [1.54, 1.807) is 13.0 Å². The molecule has 1 unspecified atom stereocenters. The minimum atomic E-state index is -0.802. The normalized spacial score (nSPS) is 15.3. The van der Waals surface area contributed by atoms with Crippen molar-refractivity contribution in [2.45, 2.75) is 32.7 Å². The predicted molar refractivity (Wildman–Crippen MR) is 145 cm³/mol. The molecule has 200 valence electrons. The molecule has 10 heteroatoms. The number of carbonyl (C=O) groups excluding carboxylic acids is 1. The van der Waals surface area contributed by atoms with Crippen molar-refractivity contribution >= 4 is 35.0 Å². The van der Waals surface area contributed by atoms with Crippen LogP contribution in [0.3, 0.4) is 0 Å². The molecular weight excluding hydrogens is 531 g/mol. The van der Waals surface area contributed by atoms with Crippen LogP contribution >= 0.6 is 22.9 Å². The number of hydrogen-bond donors (Lipinski definition) is 0. The first-order chi connectivity index (χ1) is 18.3. The predicted octanol–water partition coefficient (Wildman–Crippen LogP) is 4.40. The van der Waals surface area contributed by atoms with Gasteiger partial charge in [0.15, 0.2) is 4.80 Å². The summed E-state index contributed by atoms with van der Waals surface area (Å²) in [4.78, 5) is 31.8. The molecule has 1 aromatic heterocycles. The first-order valence-electron chi connectivity index (χ1n) is 12.2. The topological polar surface area (TPSA) is 79.1 Å². The molecule has 0 saturated heterocycles. The zero-order chi connectivity index (χ0) is 27.2. The van der Waals surface area contributed by atoms with Gasteiger partial charge in [-0.2, -0.15) is 0 Å². The second-order valence-electron chi connectivity index (χ2n) is 8.62. The summed E-state index contributed by atoms with van der Waals surface area (Å²) < 4.78 is 32.4. The lowest BCUT2D eigenvalue weighted by atomic mass is 9.96. The van der Waals surface area contributed by atoms with Crippen molar-refractivity contribution in [2.75, 3.05) is 26.9 Å². The molecule has 0 fully saturated rings. The fourth-order valence-corrected chi connectivity index (χ4v) is 5.30. The number of esters is 1. The molecule has 1 aliphatic heterocycles. The second kappa shape index (κ2) is 12.5. The van der Waals surface area contributed by atoms with Crippen LogP contribution in [0.15, 0.2) is 63.5 Å². The highest BCUT2D eigenvalue weighted by molar-refractivity contribution is 7.07. The highest BCUT2D eigenvalue weighted by Gasteiger charge is 2.33. The van der Waals surface area contributed by atoms with E-state index in [4.69, 9.17) is 25.8 Å². The average molecular weight is 559 g/mol. The zero-order valence-corrected chi connectivity index (χ0v) is 22.9. The van der Waals surface area contributed by atoms with Crippen molar-refractivity contribution in [3.8, 4) is 5.75 Å².